The number of aromatic nitrogens is 2. The van der Waals surface area contributed by atoms with Crippen LogP contribution in [0.15, 0.2) is 42.6 Å². The Morgan fingerprint density at radius 3 is 2.44 bits per heavy atom. The molecule has 0 spiro atoms. The molecule has 2 heterocycles. The third-order valence-electron chi connectivity index (χ3n) is 8.22. The summed E-state index contributed by atoms with van der Waals surface area (Å²) >= 11 is 0. The van der Waals surface area contributed by atoms with E-state index < -0.39 is 0 Å². The highest BCUT2D eigenvalue weighted by Gasteiger charge is 2.23. The van der Waals surface area contributed by atoms with Gasteiger partial charge >= 0.3 is 0 Å². The van der Waals surface area contributed by atoms with Gasteiger partial charge < -0.3 is 25.6 Å². The molecule has 1 aliphatic carbocycles. The summed E-state index contributed by atoms with van der Waals surface area (Å²) in [5, 5.41) is 10.0. The molecule has 0 atom stereocenters. The summed E-state index contributed by atoms with van der Waals surface area (Å²) in [5.41, 5.74) is 5.66. The summed E-state index contributed by atoms with van der Waals surface area (Å²) in [4.78, 5) is 24.9. The summed E-state index contributed by atoms with van der Waals surface area (Å²) in [5.74, 6) is 2.40. The van der Waals surface area contributed by atoms with Crippen LogP contribution in [-0.2, 0) is 0 Å². The number of aryl methyl sites for hydroxylation is 2. The molecular formula is C33H44N6O2. The largest absolute Gasteiger partial charge is 0.489 e. The Hall–Kier alpha value is -3.65. The first-order valence-corrected chi connectivity index (χ1v) is 15.0. The van der Waals surface area contributed by atoms with E-state index in [-0.39, 0.29) is 18.1 Å². The van der Waals surface area contributed by atoms with Gasteiger partial charge in [0.05, 0.1) is 23.0 Å². The second-order valence-corrected chi connectivity index (χ2v) is 11.9. The van der Waals surface area contributed by atoms with Crippen molar-refractivity contribution < 1.29 is 9.53 Å². The van der Waals surface area contributed by atoms with Gasteiger partial charge in [-0.1, -0.05) is 25.0 Å². The third kappa shape index (κ3) is 7.17. The van der Waals surface area contributed by atoms with Crippen LogP contribution in [0.2, 0.25) is 0 Å². The van der Waals surface area contributed by atoms with Crippen LogP contribution in [0.3, 0.4) is 0 Å². The minimum Gasteiger partial charge on any atom is -0.489 e. The molecule has 0 bridgehead atoms. The monoisotopic (exact) mass is 556 g/mol. The quantitative estimate of drug-likeness (QED) is 0.265. The van der Waals surface area contributed by atoms with Crippen LogP contribution in [0.1, 0.15) is 85.3 Å². The molecule has 3 aromatic rings. The van der Waals surface area contributed by atoms with Gasteiger partial charge in [0, 0.05) is 17.8 Å². The van der Waals surface area contributed by atoms with E-state index in [1.807, 2.05) is 45.0 Å². The van der Waals surface area contributed by atoms with Crippen LogP contribution in [0, 0.1) is 13.8 Å². The second kappa shape index (κ2) is 12.9. The SMILES string of the molecule is Cc1cc(Nc2ncc(C)c(Nc3ccccc3C(=O)NC3CCCC3)n2)c(OC(C)C)cc1C1CCN(C)CC1. The topological polar surface area (TPSA) is 91.4 Å². The number of piperidine rings is 1. The van der Waals surface area contributed by atoms with Crippen molar-refractivity contribution in [2.45, 2.75) is 84.3 Å². The van der Waals surface area contributed by atoms with Crippen molar-refractivity contribution in [2.24, 2.45) is 0 Å². The van der Waals surface area contributed by atoms with Gasteiger partial charge in [0.2, 0.25) is 5.95 Å². The number of anilines is 4. The predicted octanol–water partition coefficient (Wildman–Crippen LogP) is 6.85. The molecule has 1 amide bonds. The van der Waals surface area contributed by atoms with Crippen LogP contribution >= 0.6 is 0 Å². The van der Waals surface area contributed by atoms with E-state index in [9.17, 15) is 4.79 Å². The fourth-order valence-corrected chi connectivity index (χ4v) is 5.91. The van der Waals surface area contributed by atoms with Gasteiger partial charge in [-0.05, 0) is 115 Å². The first-order valence-electron chi connectivity index (χ1n) is 15.0. The highest BCUT2D eigenvalue weighted by molar-refractivity contribution is 6.00. The number of nitrogens with one attached hydrogen (secondary N) is 3. The molecule has 1 saturated carbocycles. The van der Waals surface area contributed by atoms with E-state index in [1.165, 1.54) is 24.0 Å². The molecule has 41 heavy (non-hydrogen) atoms. The summed E-state index contributed by atoms with van der Waals surface area (Å²) in [6.07, 6.45) is 8.57. The molecule has 8 nitrogen and oxygen atoms in total. The third-order valence-corrected chi connectivity index (χ3v) is 8.22. The Kier molecular flexibility index (Phi) is 9.08. The molecule has 1 aliphatic heterocycles. The standard InChI is InChI=1S/C33H44N6O2/c1-21(2)41-30-19-27(24-14-16-39(5)17-15-24)22(3)18-29(30)37-33-34-20-23(4)31(38-33)36-28-13-9-8-12-26(28)32(40)35-25-10-6-7-11-25/h8-9,12-13,18-21,24-25H,6-7,10-11,14-17H2,1-5H3,(H,35,40)(H2,34,36,37,38). The van der Waals surface area contributed by atoms with Gasteiger partial charge in [-0.3, -0.25) is 4.79 Å². The molecule has 5 rings (SSSR count). The lowest BCUT2D eigenvalue weighted by Crippen LogP contribution is -2.32. The van der Waals surface area contributed by atoms with Crippen LogP contribution in [-0.4, -0.2) is 53.1 Å². The maximum Gasteiger partial charge on any atom is 0.253 e. The number of nitrogens with zero attached hydrogens (tertiary/aromatic N) is 3. The molecule has 2 aromatic carbocycles. The van der Waals surface area contributed by atoms with Crippen molar-refractivity contribution in [3.63, 3.8) is 0 Å². The first kappa shape index (κ1) is 28.9. The van der Waals surface area contributed by atoms with Gasteiger partial charge in [-0.25, -0.2) is 4.98 Å². The minimum atomic E-state index is -0.0549. The van der Waals surface area contributed by atoms with Crippen LogP contribution in [0.4, 0.5) is 23.1 Å². The van der Waals surface area contributed by atoms with E-state index in [1.54, 1.807) is 6.20 Å². The highest BCUT2D eigenvalue weighted by Crippen LogP contribution is 2.38. The van der Waals surface area contributed by atoms with Crippen molar-refractivity contribution in [1.29, 1.82) is 0 Å². The van der Waals surface area contributed by atoms with Crippen molar-refractivity contribution in [1.82, 2.24) is 20.2 Å². The number of ether oxygens (including phenoxy) is 1. The van der Waals surface area contributed by atoms with E-state index in [4.69, 9.17) is 9.72 Å². The second-order valence-electron chi connectivity index (χ2n) is 11.9. The number of hydrogen-bond donors (Lipinski definition) is 3. The zero-order chi connectivity index (χ0) is 28.9. The number of carbonyl (C=O) groups is 1. The number of hydrogen-bond acceptors (Lipinski definition) is 7. The molecule has 1 aromatic heterocycles. The van der Waals surface area contributed by atoms with Gasteiger partial charge in [-0.2, -0.15) is 4.98 Å². The number of benzene rings is 2. The molecule has 0 radical (unpaired) electrons. The lowest BCUT2D eigenvalue weighted by molar-refractivity contribution is 0.0938. The molecule has 8 heteroatoms. The average Bonchev–Trinajstić information content (AvgIpc) is 3.45. The van der Waals surface area contributed by atoms with Gasteiger partial charge in [0.1, 0.15) is 11.6 Å². The van der Waals surface area contributed by atoms with Crippen molar-refractivity contribution in [3.05, 3.63) is 64.8 Å². The fourth-order valence-electron chi connectivity index (χ4n) is 5.91. The van der Waals surface area contributed by atoms with Crippen LogP contribution in [0.5, 0.6) is 5.75 Å². The molecule has 2 aliphatic rings. The molecule has 2 fully saturated rings. The normalized spacial score (nSPS) is 16.6. The van der Waals surface area contributed by atoms with Crippen molar-refractivity contribution >= 4 is 29.0 Å². The maximum atomic E-state index is 13.1. The Balaban J connectivity index is 1.38. The van der Waals surface area contributed by atoms with Gasteiger partial charge in [0.15, 0.2) is 0 Å². The highest BCUT2D eigenvalue weighted by atomic mass is 16.5. The van der Waals surface area contributed by atoms with Gasteiger partial charge in [-0.15, -0.1) is 0 Å². The zero-order valence-electron chi connectivity index (χ0n) is 25.1. The Morgan fingerprint density at radius 2 is 1.71 bits per heavy atom. The average molecular weight is 557 g/mol. The molecule has 3 N–H and O–H groups in total. The summed E-state index contributed by atoms with van der Waals surface area (Å²) in [6.45, 7) is 10.5. The van der Waals surface area contributed by atoms with Crippen LogP contribution < -0.4 is 20.7 Å². The Bertz CT molecular complexity index is 1360. The van der Waals surface area contributed by atoms with E-state index in [0.29, 0.717) is 23.2 Å². The van der Waals surface area contributed by atoms with Crippen molar-refractivity contribution in [2.75, 3.05) is 30.8 Å². The number of para-hydroxylation sites is 1. The Morgan fingerprint density at radius 1 is 0.976 bits per heavy atom. The minimum absolute atomic E-state index is 0.0339. The summed E-state index contributed by atoms with van der Waals surface area (Å²) in [7, 11) is 2.19. The lowest BCUT2D eigenvalue weighted by atomic mass is 9.86. The number of rotatable bonds is 9. The molecule has 0 unspecified atom stereocenters. The predicted molar refractivity (Wildman–Crippen MR) is 166 cm³/mol. The van der Waals surface area contributed by atoms with Gasteiger partial charge in [0.25, 0.3) is 5.91 Å². The Labute approximate surface area is 244 Å². The fraction of sp³-hybridized carbons (Fsp3) is 0.485. The summed E-state index contributed by atoms with van der Waals surface area (Å²) < 4.78 is 6.28. The number of carbonyl (C=O) groups excluding carboxylic acids is 1. The lowest BCUT2D eigenvalue weighted by Gasteiger charge is -2.30. The van der Waals surface area contributed by atoms with E-state index in [2.05, 4.69) is 51.9 Å². The molecule has 1 saturated heterocycles. The molecule has 218 valence electrons. The van der Waals surface area contributed by atoms with E-state index in [0.717, 1.165) is 61.5 Å². The van der Waals surface area contributed by atoms with Crippen molar-refractivity contribution in [3.8, 4) is 5.75 Å². The summed E-state index contributed by atoms with van der Waals surface area (Å²) in [6, 6.07) is 12.2. The zero-order valence-corrected chi connectivity index (χ0v) is 25.1. The van der Waals surface area contributed by atoms with Crippen LogP contribution in [0.25, 0.3) is 0 Å². The first-order chi connectivity index (χ1) is 19.8. The smallest absolute Gasteiger partial charge is 0.253 e. The van der Waals surface area contributed by atoms with E-state index >= 15 is 0 Å². The number of likely N-dealkylation sites (tertiary alicyclic amines) is 1. The maximum absolute atomic E-state index is 13.1. The number of amides is 1. The molecular weight excluding hydrogens is 512 g/mol.